The second kappa shape index (κ2) is 6.76. The molecule has 15 heavy (non-hydrogen) atoms. The van der Waals surface area contributed by atoms with Crippen LogP contribution in [0, 0.1) is 0 Å². The van der Waals surface area contributed by atoms with Gasteiger partial charge in [0.2, 0.25) is 5.01 Å². The normalized spacial score (nSPS) is 10.3. The highest BCUT2D eigenvalue weighted by Gasteiger charge is 2.13. The Morgan fingerprint density at radius 3 is 3.07 bits per heavy atom. The zero-order valence-electron chi connectivity index (χ0n) is 8.30. The smallest absolute Gasteiger partial charge is 0.369 e. The number of ether oxygens (including phenoxy) is 1. The van der Waals surface area contributed by atoms with Crippen molar-refractivity contribution < 1.29 is 14.6 Å². The molecule has 5 nitrogen and oxygen atoms in total. The van der Waals surface area contributed by atoms with Crippen LogP contribution in [-0.2, 0) is 4.74 Å². The molecule has 1 rings (SSSR count). The number of hydrogen-bond acceptors (Lipinski definition) is 7. The van der Waals surface area contributed by atoms with E-state index in [2.05, 4.69) is 10.2 Å². The minimum Gasteiger partial charge on any atom is -0.461 e. The third-order valence-corrected chi connectivity index (χ3v) is 3.51. The number of nitrogens with zero attached hydrogens (tertiary/aromatic N) is 2. The summed E-state index contributed by atoms with van der Waals surface area (Å²) in [6, 6.07) is 0. The number of carbonyl (C=O) groups excluding carboxylic acids is 1. The molecule has 0 radical (unpaired) electrons. The molecule has 0 amide bonds. The van der Waals surface area contributed by atoms with Gasteiger partial charge in [-0.15, -0.1) is 10.2 Å². The lowest BCUT2D eigenvalue weighted by atomic mass is 10.5. The Hall–Kier alpha value is -0.660. The molecule has 0 aliphatic rings. The van der Waals surface area contributed by atoms with Crippen LogP contribution in [0.15, 0.2) is 4.34 Å². The summed E-state index contributed by atoms with van der Waals surface area (Å²) < 4.78 is 5.51. The Balaban J connectivity index is 2.45. The second-order valence-corrected chi connectivity index (χ2v) is 4.84. The molecule has 0 aliphatic heterocycles. The highest BCUT2D eigenvalue weighted by Crippen LogP contribution is 2.23. The molecule has 0 bridgehead atoms. The van der Waals surface area contributed by atoms with Gasteiger partial charge in [0.25, 0.3) is 0 Å². The maximum Gasteiger partial charge on any atom is 0.369 e. The molecular weight excluding hydrogens is 236 g/mol. The lowest BCUT2D eigenvalue weighted by molar-refractivity contribution is 0.0525. The van der Waals surface area contributed by atoms with Gasteiger partial charge < -0.3 is 9.84 Å². The summed E-state index contributed by atoms with van der Waals surface area (Å²) in [6.07, 6.45) is 0.707. The summed E-state index contributed by atoms with van der Waals surface area (Å²) in [5.74, 6) is 0.345. The lowest BCUT2D eigenvalue weighted by Crippen LogP contribution is -2.03. The minimum absolute atomic E-state index is 0.163. The van der Waals surface area contributed by atoms with E-state index < -0.39 is 5.97 Å². The van der Waals surface area contributed by atoms with E-state index in [0.29, 0.717) is 13.0 Å². The number of carbonyl (C=O) groups is 1. The Labute approximate surface area is 95.9 Å². The van der Waals surface area contributed by atoms with Crippen molar-refractivity contribution in [2.75, 3.05) is 19.0 Å². The molecule has 84 valence electrons. The van der Waals surface area contributed by atoms with Crippen LogP contribution >= 0.6 is 23.1 Å². The number of aliphatic hydroxyl groups is 1. The Morgan fingerprint density at radius 1 is 1.60 bits per heavy atom. The van der Waals surface area contributed by atoms with Gasteiger partial charge in [-0.3, -0.25) is 0 Å². The molecule has 0 atom stereocenters. The van der Waals surface area contributed by atoms with Crippen molar-refractivity contribution in [2.24, 2.45) is 0 Å². The van der Waals surface area contributed by atoms with Gasteiger partial charge in [0.15, 0.2) is 4.34 Å². The Morgan fingerprint density at radius 2 is 2.40 bits per heavy atom. The molecule has 0 fully saturated rings. The third kappa shape index (κ3) is 4.15. The van der Waals surface area contributed by atoms with Crippen LogP contribution in [-0.4, -0.2) is 40.2 Å². The summed E-state index contributed by atoms with van der Waals surface area (Å²) in [5.41, 5.74) is 0. The van der Waals surface area contributed by atoms with Gasteiger partial charge in [-0.1, -0.05) is 23.1 Å². The summed E-state index contributed by atoms with van der Waals surface area (Å²) in [4.78, 5) is 11.2. The molecular formula is C8H12N2O3S2. The van der Waals surface area contributed by atoms with Gasteiger partial charge >= 0.3 is 5.97 Å². The zero-order valence-corrected chi connectivity index (χ0v) is 9.94. The number of thioether (sulfide) groups is 1. The van der Waals surface area contributed by atoms with Crippen molar-refractivity contribution in [1.29, 1.82) is 0 Å². The van der Waals surface area contributed by atoms with Crippen LogP contribution in [0.2, 0.25) is 0 Å². The molecule has 0 aromatic carbocycles. The third-order valence-electron chi connectivity index (χ3n) is 1.38. The van der Waals surface area contributed by atoms with E-state index in [0.717, 1.165) is 10.1 Å². The van der Waals surface area contributed by atoms with Crippen molar-refractivity contribution in [1.82, 2.24) is 10.2 Å². The quantitative estimate of drug-likeness (QED) is 0.463. The first-order chi connectivity index (χ1) is 7.27. The predicted octanol–water partition coefficient (Wildman–Crippen LogP) is 1.19. The highest BCUT2D eigenvalue weighted by molar-refractivity contribution is 8.01. The summed E-state index contributed by atoms with van der Waals surface area (Å²) in [5, 5.41) is 16.4. The molecule has 1 aromatic rings. The van der Waals surface area contributed by atoms with Crippen LogP contribution in [0.3, 0.4) is 0 Å². The lowest BCUT2D eigenvalue weighted by Gasteiger charge is -1.94. The molecule has 0 unspecified atom stereocenters. The Bertz CT molecular complexity index is 317. The van der Waals surface area contributed by atoms with Crippen LogP contribution in [0.25, 0.3) is 0 Å². The van der Waals surface area contributed by atoms with E-state index in [-0.39, 0.29) is 11.6 Å². The van der Waals surface area contributed by atoms with Gasteiger partial charge in [0.1, 0.15) is 0 Å². The number of rotatable bonds is 6. The zero-order chi connectivity index (χ0) is 11.1. The predicted molar refractivity (Wildman–Crippen MR) is 58.3 cm³/mol. The maximum atomic E-state index is 11.2. The fraction of sp³-hybridized carbons (Fsp3) is 0.625. The van der Waals surface area contributed by atoms with Crippen molar-refractivity contribution in [3.8, 4) is 0 Å². The second-order valence-electron chi connectivity index (χ2n) is 2.52. The monoisotopic (exact) mass is 248 g/mol. The van der Waals surface area contributed by atoms with Crippen molar-refractivity contribution in [3.05, 3.63) is 5.01 Å². The van der Waals surface area contributed by atoms with E-state index in [9.17, 15) is 4.79 Å². The van der Waals surface area contributed by atoms with Gasteiger partial charge in [-0.2, -0.15) is 0 Å². The van der Waals surface area contributed by atoms with Gasteiger partial charge in [0.05, 0.1) is 6.61 Å². The number of hydrogen-bond donors (Lipinski definition) is 1. The Kier molecular flexibility index (Phi) is 5.59. The number of aliphatic hydroxyl groups excluding tert-OH is 1. The molecule has 7 heteroatoms. The maximum absolute atomic E-state index is 11.2. The van der Waals surface area contributed by atoms with Gasteiger partial charge in [0, 0.05) is 12.4 Å². The summed E-state index contributed by atoms with van der Waals surface area (Å²) in [6.45, 7) is 2.25. The molecule has 0 saturated heterocycles. The first-order valence-corrected chi connectivity index (χ1v) is 6.32. The summed E-state index contributed by atoms with van der Waals surface area (Å²) in [7, 11) is 0. The first kappa shape index (κ1) is 12.4. The van der Waals surface area contributed by atoms with Gasteiger partial charge in [-0.25, -0.2) is 4.79 Å². The van der Waals surface area contributed by atoms with E-state index in [1.165, 1.54) is 23.1 Å². The molecule has 0 spiro atoms. The largest absolute Gasteiger partial charge is 0.461 e. The fourth-order valence-corrected chi connectivity index (χ4v) is 2.51. The first-order valence-electron chi connectivity index (χ1n) is 4.52. The van der Waals surface area contributed by atoms with Crippen molar-refractivity contribution in [3.63, 3.8) is 0 Å². The fourth-order valence-electron chi connectivity index (χ4n) is 0.767. The summed E-state index contributed by atoms with van der Waals surface area (Å²) >= 11 is 2.69. The molecule has 0 saturated carbocycles. The van der Waals surface area contributed by atoms with E-state index in [1.807, 2.05) is 0 Å². The standard InChI is InChI=1S/C8H12N2O3S2/c1-2-13-7(12)6-9-10-8(15-6)14-5-3-4-11/h11H,2-5H2,1H3. The van der Waals surface area contributed by atoms with Crippen LogP contribution < -0.4 is 0 Å². The molecule has 1 aromatic heterocycles. The van der Waals surface area contributed by atoms with E-state index in [1.54, 1.807) is 6.92 Å². The topological polar surface area (TPSA) is 72.3 Å². The highest BCUT2D eigenvalue weighted by atomic mass is 32.2. The van der Waals surface area contributed by atoms with E-state index in [4.69, 9.17) is 9.84 Å². The van der Waals surface area contributed by atoms with Crippen LogP contribution in [0.1, 0.15) is 23.1 Å². The van der Waals surface area contributed by atoms with Crippen LogP contribution in [0.5, 0.6) is 0 Å². The molecule has 1 N–H and O–H groups in total. The molecule has 0 aliphatic carbocycles. The van der Waals surface area contributed by atoms with Crippen molar-refractivity contribution >= 4 is 29.1 Å². The average molecular weight is 248 g/mol. The SMILES string of the molecule is CCOC(=O)c1nnc(SCCCO)s1. The number of aromatic nitrogens is 2. The van der Waals surface area contributed by atoms with Crippen LogP contribution in [0.4, 0.5) is 0 Å². The van der Waals surface area contributed by atoms with Crippen molar-refractivity contribution in [2.45, 2.75) is 17.7 Å². The number of esters is 1. The molecule has 1 heterocycles. The van der Waals surface area contributed by atoms with Gasteiger partial charge in [-0.05, 0) is 13.3 Å². The average Bonchev–Trinajstić information content (AvgIpc) is 2.67. The van der Waals surface area contributed by atoms with E-state index >= 15 is 0 Å². The minimum atomic E-state index is -0.427.